The molecule has 1 aliphatic rings. The number of amides is 2. The van der Waals surface area contributed by atoms with Crippen LogP contribution in [-0.4, -0.2) is 68.1 Å². The Balaban J connectivity index is 1.52. The lowest BCUT2D eigenvalue weighted by atomic mass is 10.1. The van der Waals surface area contributed by atoms with Gasteiger partial charge >= 0.3 is 6.18 Å². The van der Waals surface area contributed by atoms with Crippen molar-refractivity contribution in [2.45, 2.75) is 32.6 Å². The molecule has 1 aliphatic heterocycles. The van der Waals surface area contributed by atoms with Crippen LogP contribution < -0.4 is 0 Å². The number of benzene rings is 2. The molecule has 0 unspecified atom stereocenters. The van der Waals surface area contributed by atoms with Crippen molar-refractivity contribution >= 4 is 51.5 Å². The Hall–Kier alpha value is -2.86. The van der Waals surface area contributed by atoms with Gasteiger partial charge in [-0.1, -0.05) is 23.7 Å². The van der Waals surface area contributed by atoms with Crippen LogP contribution in [0.4, 0.5) is 18.0 Å². The van der Waals surface area contributed by atoms with Crippen LogP contribution in [0.3, 0.4) is 0 Å². The molecule has 2 heterocycles. The second-order valence-corrected chi connectivity index (χ2v) is 10.5. The maximum absolute atomic E-state index is 13.5. The highest BCUT2D eigenvalue weighted by Crippen LogP contribution is 2.35. The molecule has 2 amide bonds. The summed E-state index contributed by atoms with van der Waals surface area (Å²) < 4.78 is 42.0. The Bertz CT molecular complexity index is 1390. The average Bonchev–Trinajstić information content (AvgIpc) is 3.36. The minimum atomic E-state index is -4.55. The molecule has 0 saturated carbocycles. The highest BCUT2D eigenvalue weighted by molar-refractivity contribution is 8.18. The van der Waals surface area contributed by atoms with E-state index in [0.29, 0.717) is 29.6 Å². The fourth-order valence-electron chi connectivity index (χ4n) is 4.26. The number of rotatable bonds is 9. The maximum atomic E-state index is 13.5. The third-order valence-electron chi connectivity index (χ3n) is 6.26. The van der Waals surface area contributed by atoms with E-state index in [1.165, 1.54) is 21.7 Å². The number of aromatic nitrogens is 2. The van der Waals surface area contributed by atoms with Crippen molar-refractivity contribution in [2.24, 2.45) is 0 Å². The fraction of sp³-hybridized carbons (Fsp3) is 0.346. The first-order chi connectivity index (χ1) is 18.0. The molecule has 12 heteroatoms. The van der Waals surface area contributed by atoms with E-state index in [2.05, 4.69) is 5.10 Å². The first kappa shape index (κ1) is 28.2. The minimum absolute atomic E-state index is 0.00265. The molecule has 0 atom stereocenters. The summed E-state index contributed by atoms with van der Waals surface area (Å²) in [6.45, 7) is 4.97. The van der Waals surface area contributed by atoms with Crippen LogP contribution in [0.5, 0.6) is 0 Å². The quantitative estimate of drug-likeness (QED) is 0.345. The predicted octanol–water partition coefficient (Wildman–Crippen LogP) is 5.50. The average molecular weight is 567 g/mol. The van der Waals surface area contributed by atoms with Crippen molar-refractivity contribution in [3.05, 3.63) is 69.2 Å². The van der Waals surface area contributed by atoms with Crippen LogP contribution in [0.2, 0.25) is 5.02 Å². The van der Waals surface area contributed by atoms with E-state index in [0.717, 1.165) is 17.8 Å². The number of alkyl halides is 3. The van der Waals surface area contributed by atoms with E-state index in [9.17, 15) is 27.9 Å². The van der Waals surface area contributed by atoms with Crippen LogP contribution in [0.25, 0.3) is 17.0 Å². The highest BCUT2D eigenvalue weighted by Gasteiger charge is 2.35. The highest BCUT2D eigenvalue weighted by atomic mass is 35.5. The van der Waals surface area contributed by atoms with Crippen molar-refractivity contribution in [3.63, 3.8) is 0 Å². The van der Waals surface area contributed by atoms with Gasteiger partial charge in [0.1, 0.15) is 0 Å². The summed E-state index contributed by atoms with van der Waals surface area (Å²) >= 11 is 6.64. The summed E-state index contributed by atoms with van der Waals surface area (Å²) in [5.74, 6) is -0.383. The van der Waals surface area contributed by atoms with Crippen molar-refractivity contribution < 1.29 is 27.9 Å². The van der Waals surface area contributed by atoms with Gasteiger partial charge in [-0.3, -0.25) is 24.1 Å². The molecule has 0 radical (unpaired) electrons. The van der Waals surface area contributed by atoms with Gasteiger partial charge in [0.2, 0.25) is 0 Å². The number of fused-ring (bicyclic) bond motifs is 1. The van der Waals surface area contributed by atoms with Crippen molar-refractivity contribution in [1.82, 2.24) is 19.6 Å². The lowest BCUT2D eigenvalue weighted by molar-refractivity contribution is -0.138. The van der Waals surface area contributed by atoms with E-state index in [-0.39, 0.29) is 52.4 Å². The van der Waals surface area contributed by atoms with E-state index in [4.69, 9.17) is 11.6 Å². The Kier molecular flexibility index (Phi) is 8.51. The second kappa shape index (κ2) is 11.5. The van der Waals surface area contributed by atoms with E-state index >= 15 is 0 Å². The third-order valence-corrected chi connectivity index (χ3v) is 7.41. The van der Waals surface area contributed by atoms with Gasteiger partial charge in [-0.2, -0.15) is 18.3 Å². The van der Waals surface area contributed by atoms with Crippen molar-refractivity contribution in [1.29, 1.82) is 0 Å². The zero-order valence-corrected chi connectivity index (χ0v) is 22.3. The zero-order chi connectivity index (χ0) is 27.6. The number of carbonyl (C=O) groups is 2. The molecule has 1 fully saturated rings. The number of hydrogen-bond acceptors (Lipinski definition) is 6. The fourth-order valence-corrected chi connectivity index (χ4v) is 5.30. The summed E-state index contributed by atoms with van der Waals surface area (Å²) in [5, 5.41) is 13.8. The lowest BCUT2D eigenvalue weighted by Crippen LogP contribution is -2.41. The number of nitrogens with zero attached hydrogens (tertiary/aromatic N) is 4. The van der Waals surface area contributed by atoms with Crippen LogP contribution in [-0.2, 0) is 17.5 Å². The number of hydrogen-bond donors (Lipinski definition) is 1. The summed E-state index contributed by atoms with van der Waals surface area (Å²) in [6.07, 6.45) is -1.38. The normalized spacial score (nSPS) is 15.7. The molecule has 0 aliphatic carbocycles. The van der Waals surface area contributed by atoms with E-state index in [1.54, 1.807) is 30.5 Å². The molecule has 202 valence electrons. The van der Waals surface area contributed by atoms with Crippen LogP contribution in [0.1, 0.15) is 30.5 Å². The van der Waals surface area contributed by atoms with Gasteiger partial charge in [-0.15, -0.1) is 0 Å². The molecule has 1 saturated heterocycles. The molecule has 0 spiro atoms. The Morgan fingerprint density at radius 1 is 1.16 bits per heavy atom. The second-order valence-electron chi connectivity index (χ2n) is 9.11. The maximum Gasteiger partial charge on any atom is 0.416 e. The number of halogens is 4. The van der Waals surface area contributed by atoms with Crippen LogP contribution >= 0.6 is 23.4 Å². The molecule has 3 aromatic rings. The Morgan fingerprint density at radius 3 is 2.61 bits per heavy atom. The largest absolute Gasteiger partial charge is 0.416 e. The first-order valence-corrected chi connectivity index (χ1v) is 13.1. The number of carbonyl (C=O) groups excluding carboxylic acids is 2. The van der Waals surface area contributed by atoms with Crippen LogP contribution in [0.15, 0.2) is 47.5 Å². The van der Waals surface area contributed by atoms with Gasteiger partial charge in [-0.05, 0) is 67.1 Å². The van der Waals surface area contributed by atoms with E-state index < -0.39 is 11.7 Å². The van der Waals surface area contributed by atoms with Gasteiger partial charge in [0.15, 0.2) is 0 Å². The molecule has 2 aromatic carbocycles. The monoisotopic (exact) mass is 566 g/mol. The molecule has 0 bridgehead atoms. The SMILES string of the molecule is CC(C)N(CCO)CCN1C(=O)SC(=Cc2ccc3c(cnn3Cc3ccc(Cl)cc3C(F)(F)F)c2)C1=O. The number of thioether (sulfide) groups is 1. The molecular weight excluding hydrogens is 541 g/mol. The summed E-state index contributed by atoms with van der Waals surface area (Å²) in [4.78, 5) is 28.9. The molecule has 38 heavy (non-hydrogen) atoms. The topological polar surface area (TPSA) is 78.7 Å². The molecule has 4 rings (SSSR count). The smallest absolute Gasteiger partial charge is 0.395 e. The first-order valence-electron chi connectivity index (χ1n) is 11.9. The molecule has 7 nitrogen and oxygen atoms in total. The molecule has 1 aromatic heterocycles. The number of imide groups is 1. The van der Waals surface area contributed by atoms with Crippen LogP contribution in [0, 0.1) is 0 Å². The summed E-state index contributed by atoms with van der Waals surface area (Å²) in [5.41, 5.74) is 0.513. The van der Waals surface area contributed by atoms with E-state index in [1.807, 2.05) is 18.7 Å². The summed E-state index contributed by atoms with van der Waals surface area (Å²) in [6, 6.07) is 9.02. The van der Waals surface area contributed by atoms with Gasteiger partial charge < -0.3 is 5.11 Å². The Morgan fingerprint density at radius 2 is 1.92 bits per heavy atom. The molecular formula is C26H26ClF3N4O3S. The third kappa shape index (κ3) is 6.23. The van der Waals surface area contributed by atoms with Gasteiger partial charge in [0.25, 0.3) is 11.1 Å². The van der Waals surface area contributed by atoms with Gasteiger partial charge in [-0.25, -0.2) is 0 Å². The number of aliphatic hydroxyl groups is 1. The predicted molar refractivity (Wildman–Crippen MR) is 142 cm³/mol. The van der Waals surface area contributed by atoms with Gasteiger partial charge in [0.05, 0.1) is 35.3 Å². The zero-order valence-electron chi connectivity index (χ0n) is 20.7. The number of aliphatic hydroxyl groups excluding tert-OH is 1. The molecule has 1 N–H and O–H groups in total. The van der Waals surface area contributed by atoms with Gasteiger partial charge in [0, 0.05) is 36.1 Å². The summed E-state index contributed by atoms with van der Waals surface area (Å²) in [7, 11) is 0. The van der Waals surface area contributed by atoms with Crippen molar-refractivity contribution in [2.75, 3.05) is 26.2 Å². The lowest BCUT2D eigenvalue weighted by Gasteiger charge is -2.27. The van der Waals surface area contributed by atoms with Crippen molar-refractivity contribution in [3.8, 4) is 0 Å². The standard InChI is InChI=1S/C26H26ClF3N4O3S/c1-16(2)32(9-10-35)7-8-33-24(36)23(38-25(33)37)12-17-3-6-22-19(11-17)14-31-34(22)15-18-4-5-20(27)13-21(18)26(28,29)30/h3-6,11-14,16,35H,7-10,15H2,1-2H3. The minimum Gasteiger partial charge on any atom is -0.395 e. The Labute approximate surface area is 226 Å².